The van der Waals surface area contributed by atoms with Crippen LogP contribution in [-0.2, 0) is 9.59 Å². The first-order valence-electron chi connectivity index (χ1n) is 7.07. The van der Waals surface area contributed by atoms with Crippen molar-refractivity contribution in [2.75, 3.05) is 16.8 Å². The number of hydrogen-bond acceptors (Lipinski definition) is 2. The van der Waals surface area contributed by atoms with E-state index in [-0.39, 0.29) is 18.4 Å². The first kappa shape index (κ1) is 18.6. The lowest BCUT2D eigenvalue weighted by Gasteiger charge is -2.22. The third-order valence-electron chi connectivity index (χ3n) is 3.33. The summed E-state index contributed by atoms with van der Waals surface area (Å²) in [7, 11) is 0. The zero-order chi connectivity index (χ0) is 17.9. The number of rotatable bonds is 4. The summed E-state index contributed by atoms with van der Waals surface area (Å²) in [6, 6.07) is 9.91. The van der Waals surface area contributed by atoms with Gasteiger partial charge in [-0.25, -0.2) is 0 Å². The van der Waals surface area contributed by atoms with Gasteiger partial charge in [0.2, 0.25) is 11.8 Å². The molecule has 2 amide bonds. The number of carbonyl (C=O) groups excluding carboxylic acids is 2. The van der Waals surface area contributed by atoms with Crippen LogP contribution in [-0.4, -0.2) is 18.4 Å². The second-order valence-corrected chi connectivity index (χ2v) is 6.46. The van der Waals surface area contributed by atoms with Gasteiger partial charge in [-0.1, -0.05) is 34.8 Å². The van der Waals surface area contributed by atoms with E-state index in [2.05, 4.69) is 5.32 Å². The van der Waals surface area contributed by atoms with E-state index in [1.807, 2.05) is 6.92 Å². The lowest BCUT2D eigenvalue weighted by Crippen LogP contribution is -2.37. The summed E-state index contributed by atoms with van der Waals surface area (Å²) >= 11 is 17.7. The average molecular weight is 386 g/mol. The van der Waals surface area contributed by atoms with Crippen molar-refractivity contribution in [3.63, 3.8) is 0 Å². The van der Waals surface area contributed by atoms with Gasteiger partial charge in [0, 0.05) is 23.3 Å². The van der Waals surface area contributed by atoms with Crippen LogP contribution in [0.2, 0.25) is 15.1 Å². The Morgan fingerprint density at radius 3 is 2.33 bits per heavy atom. The topological polar surface area (TPSA) is 49.4 Å². The van der Waals surface area contributed by atoms with Crippen LogP contribution >= 0.6 is 34.8 Å². The van der Waals surface area contributed by atoms with Gasteiger partial charge in [-0.05, 0) is 48.9 Å². The van der Waals surface area contributed by atoms with Crippen LogP contribution in [0.4, 0.5) is 11.4 Å². The number of halogens is 3. The number of nitrogens with zero attached hydrogens (tertiary/aromatic N) is 1. The fraction of sp³-hybridized carbons (Fsp3) is 0.176. The van der Waals surface area contributed by atoms with Crippen LogP contribution < -0.4 is 10.2 Å². The van der Waals surface area contributed by atoms with Gasteiger partial charge in [-0.2, -0.15) is 0 Å². The standard InChI is InChI=1S/C17H15Cl3N2O2/c1-10-7-12(18)3-6-16(10)22(11(2)23)9-17(24)21-13-4-5-14(19)15(20)8-13/h3-8H,9H2,1-2H3,(H,21,24). The van der Waals surface area contributed by atoms with Crippen molar-refractivity contribution in [1.82, 2.24) is 0 Å². The number of nitrogens with one attached hydrogen (secondary N) is 1. The Morgan fingerprint density at radius 2 is 1.75 bits per heavy atom. The molecule has 2 rings (SSSR count). The molecule has 0 fully saturated rings. The van der Waals surface area contributed by atoms with Crippen molar-refractivity contribution in [2.45, 2.75) is 13.8 Å². The van der Waals surface area contributed by atoms with Crippen molar-refractivity contribution in [3.8, 4) is 0 Å². The van der Waals surface area contributed by atoms with Crippen LogP contribution in [0, 0.1) is 6.92 Å². The fourth-order valence-corrected chi connectivity index (χ4v) is 2.73. The minimum atomic E-state index is -0.349. The molecule has 1 N–H and O–H groups in total. The lowest BCUT2D eigenvalue weighted by atomic mass is 10.1. The highest BCUT2D eigenvalue weighted by molar-refractivity contribution is 6.42. The van der Waals surface area contributed by atoms with Gasteiger partial charge in [0.15, 0.2) is 0 Å². The first-order valence-corrected chi connectivity index (χ1v) is 8.20. The smallest absolute Gasteiger partial charge is 0.244 e. The Kier molecular flexibility index (Phi) is 6.10. The molecule has 0 saturated heterocycles. The predicted molar refractivity (Wildman–Crippen MR) is 99.3 cm³/mol. The Bertz CT molecular complexity index is 793. The molecule has 2 aromatic carbocycles. The Morgan fingerprint density at radius 1 is 1.04 bits per heavy atom. The molecule has 0 aromatic heterocycles. The SMILES string of the molecule is CC(=O)N(CC(=O)Nc1ccc(Cl)c(Cl)c1)c1ccc(Cl)cc1C. The Labute approximate surface area is 155 Å². The van der Waals surface area contributed by atoms with E-state index in [1.165, 1.54) is 11.8 Å². The first-order chi connectivity index (χ1) is 11.3. The van der Waals surface area contributed by atoms with Gasteiger partial charge in [-0.15, -0.1) is 0 Å². The monoisotopic (exact) mass is 384 g/mol. The number of carbonyl (C=O) groups is 2. The summed E-state index contributed by atoms with van der Waals surface area (Å²) in [5.74, 6) is -0.595. The summed E-state index contributed by atoms with van der Waals surface area (Å²) in [5, 5.41) is 4.00. The van der Waals surface area contributed by atoms with Crippen LogP contribution in [0.15, 0.2) is 36.4 Å². The molecule has 0 unspecified atom stereocenters. The van der Waals surface area contributed by atoms with Gasteiger partial charge in [-0.3, -0.25) is 9.59 Å². The number of aryl methyl sites for hydroxylation is 1. The van der Waals surface area contributed by atoms with E-state index in [1.54, 1.807) is 36.4 Å². The fourth-order valence-electron chi connectivity index (χ4n) is 2.21. The zero-order valence-electron chi connectivity index (χ0n) is 13.1. The van der Waals surface area contributed by atoms with Crippen molar-refractivity contribution in [3.05, 3.63) is 57.0 Å². The molecule has 0 heterocycles. The number of amides is 2. The van der Waals surface area contributed by atoms with Gasteiger partial charge < -0.3 is 10.2 Å². The molecule has 0 radical (unpaired) electrons. The molecule has 0 spiro atoms. The molecule has 7 heteroatoms. The van der Waals surface area contributed by atoms with E-state index in [4.69, 9.17) is 34.8 Å². The summed E-state index contributed by atoms with van der Waals surface area (Å²) in [6.45, 7) is 3.10. The highest BCUT2D eigenvalue weighted by atomic mass is 35.5. The van der Waals surface area contributed by atoms with Gasteiger partial charge in [0.25, 0.3) is 0 Å². The zero-order valence-corrected chi connectivity index (χ0v) is 15.3. The molecule has 4 nitrogen and oxygen atoms in total. The molecule has 0 saturated carbocycles. The maximum absolute atomic E-state index is 12.3. The van der Waals surface area contributed by atoms with Crippen LogP contribution in [0.1, 0.15) is 12.5 Å². The van der Waals surface area contributed by atoms with E-state index < -0.39 is 0 Å². The summed E-state index contributed by atoms with van der Waals surface area (Å²) < 4.78 is 0. The molecule has 0 bridgehead atoms. The minimum absolute atomic E-state index is 0.127. The van der Waals surface area contributed by atoms with E-state index >= 15 is 0 Å². The average Bonchev–Trinajstić information content (AvgIpc) is 2.49. The van der Waals surface area contributed by atoms with Crippen molar-refractivity contribution >= 4 is 58.0 Å². The number of anilines is 2. The highest BCUT2D eigenvalue weighted by Gasteiger charge is 2.18. The lowest BCUT2D eigenvalue weighted by molar-refractivity contribution is -0.120. The normalized spacial score (nSPS) is 10.4. The van der Waals surface area contributed by atoms with Gasteiger partial charge >= 0.3 is 0 Å². The predicted octanol–water partition coefficient (Wildman–Crippen LogP) is 4.95. The summed E-state index contributed by atoms with van der Waals surface area (Å²) in [4.78, 5) is 25.6. The molecule has 0 aliphatic heterocycles. The van der Waals surface area contributed by atoms with Crippen molar-refractivity contribution < 1.29 is 9.59 Å². The van der Waals surface area contributed by atoms with E-state index in [0.29, 0.717) is 26.4 Å². The van der Waals surface area contributed by atoms with Gasteiger partial charge in [0.1, 0.15) is 6.54 Å². The van der Waals surface area contributed by atoms with Crippen LogP contribution in [0.25, 0.3) is 0 Å². The second kappa shape index (κ2) is 7.88. The summed E-state index contributed by atoms with van der Waals surface area (Å²) in [5.41, 5.74) is 1.95. The Hall–Kier alpha value is -1.75. The highest BCUT2D eigenvalue weighted by Crippen LogP contribution is 2.26. The molecular formula is C17H15Cl3N2O2. The maximum Gasteiger partial charge on any atom is 0.244 e. The summed E-state index contributed by atoms with van der Waals surface area (Å²) in [6.07, 6.45) is 0. The molecule has 0 atom stereocenters. The Balaban J connectivity index is 2.16. The molecular weight excluding hydrogens is 371 g/mol. The van der Waals surface area contributed by atoms with E-state index in [0.717, 1.165) is 5.56 Å². The number of benzene rings is 2. The third-order valence-corrected chi connectivity index (χ3v) is 4.31. The molecule has 24 heavy (non-hydrogen) atoms. The quantitative estimate of drug-likeness (QED) is 0.810. The minimum Gasteiger partial charge on any atom is -0.324 e. The second-order valence-electron chi connectivity index (χ2n) is 5.21. The molecule has 0 aliphatic rings. The van der Waals surface area contributed by atoms with Crippen molar-refractivity contribution in [1.29, 1.82) is 0 Å². The van der Waals surface area contributed by atoms with Crippen LogP contribution in [0.3, 0.4) is 0 Å². The van der Waals surface area contributed by atoms with Gasteiger partial charge in [0.05, 0.1) is 10.0 Å². The van der Waals surface area contributed by atoms with Crippen LogP contribution in [0.5, 0.6) is 0 Å². The molecule has 0 aliphatic carbocycles. The third kappa shape index (κ3) is 4.63. The largest absolute Gasteiger partial charge is 0.324 e. The molecule has 2 aromatic rings. The van der Waals surface area contributed by atoms with E-state index in [9.17, 15) is 9.59 Å². The van der Waals surface area contributed by atoms with Crippen molar-refractivity contribution in [2.24, 2.45) is 0 Å². The molecule has 126 valence electrons. The number of hydrogen-bond donors (Lipinski definition) is 1. The maximum atomic E-state index is 12.3.